The Labute approximate surface area is 210 Å². The maximum Gasteiger partial charge on any atom is 0.223 e. The first-order chi connectivity index (χ1) is 17.2. The van der Waals surface area contributed by atoms with E-state index in [-0.39, 0.29) is 11.8 Å². The fourth-order valence-corrected chi connectivity index (χ4v) is 6.63. The molecule has 2 aromatic rings. The molecule has 1 N–H and O–H groups in total. The molecular weight excluding hydrogens is 434 g/mol. The van der Waals surface area contributed by atoms with E-state index in [1.165, 1.54) is 37.1 Å². The van der Waals surface area contributed by atoms with Crippen LogP contribution in [0.5, 0.6) is 0 Å². The lowest BCUT2D eigenvalue weighted by Gasteiger charge is -2.50. The first kappa shape index (κ1) is 24.4. The predicted octanol–water partition coefficient (Wildman–Crippen LogP) is 5.32. The standard InChI is InChI=1S/C29H41N5O/c1-3-20(4-2)26-17-27(33-28(32-26)21-10-13-30-14-11-21)25-19-34-15-12-23(25)16-24(34)18-31-29(35)22-8-6-5-7-9-22/h10-11,13-14,17,20,22-25H,3-9,12,15-16,18-19H2,1-2H3,(H,31,35). The smallest absolute Gasteiger partial charge is 0.223 e. The summed E-state index contributed by atoms with van der Waals surface area (Å²) in [4.78, 5) is 29.6. The van der Waals surface area contributed by atoms with E-state index in [1.807, 2.05) is 24.5 Å². The van der Waals surface area contributed by atoms with Gasteiger partial charge in [-0.15, -0.1) is 0 Å². The Bertz CT molecular complexity index is 986. The first-order valence-corrected chi connectivity index (χ1v) is 14.0. The molecule has 0 spiro atoms. The van der Waals surface area contributed by atoms with Crippen molar-refractivity contribution in [2.45, 2.75) is 89.5 Å². The molecule has 4 aliphatic rings. The minimum absolute atomic E-state index is 0.239. The van der Waals surface area contributed by atoms with Crippen LogP contribution in [0.25, 0.3) is 11.4 Å². The number of pyridine rings is 1. The lowest BCUT2D eigenvalue weighted by molar-refractivity contribution is -0.126. The molecule has 2 bridgehead atoms. The Hall–Kier alpha value is -2.34. The highest BCUT2D eigenvalue weighted by molar-refractivity contribution is 5.78. The van der Waals surface area contributed by atoms with Crippen molar-refractivity contribution in [2.24, 2.45) is 11.8 Å². The highest BCUT2D eigenvalue weighted by atomic mass is 16.1. The Kier molecular flexibility index (Phi) is 7.76. The molecule has 6 nitrogen and oxygen atoms in total. The third-order valence-corrected chi connectivity index (χ3v) is 8.85. The van der Waals surface area contributed by atoms with Gasteiger partial charge in [-0.3, -0.25) is 14.7 Å². The summed E-state index contributed by atoms with van der Waals surface area (Å²) in [5.74, 6) is 2.87. The van der Waals surface area contributed by atoms with Crippen molar-refractivity contribution in [1.82, 2.24) is 25.2 Å². The molecule has 3 saturated heterocycles. The molecule has 188 valence electrons. The summed E-state index contributed by atoms with van der Waals surface area (Å²) in [5.41, 5.74) is 3.42. The van der Waals surface area contributed by atoms with E-state index in [1.54, 1.807) is 0 Å². The number of nitrogens with one attached hydrogen (secondary N) is 1. The molecule has 6 heteroatoms. The van der Waals surface area contributed by atoms with E-state index < -0.39 is 0 Å². The molecular formula is C29H41N5O. The molecule has 5 heterocycles. The number of hydrogen-bond acceptors (Lipinski definition) is 5. The average Bonchev–Trinajstić information content (AvgIpc) is 2.93. The predicted molar refractivity (Wildman–Crippen MR) is 139 cm³/mol. The van der Waals surface area contributed by atoms with Crippen molar-refractivity contribution in [1.29, 1.82) is 0 Å². The zero-order valence-electron chi connectivity index (χ0n) is 21.5. The molecule has 4 unspecified atom stereocenters. The topological polar surface area (TPSA) is 71.0 Å². The van der Waals surface area contributed by atoms with Gasteiger partial charge in [0.1, 0.15) is 0 Å². The summed E-state index contributed by atoms with van der Waals surface area (Å²) >= 11 is 0. The number of fused-ring (bicyclic) bond motifs is 3. The van der Waals surface area contributed by atoms with E-state index in [2.05, 4.69) is 35.1 Å². The average molecular weight is 476 g/mol. The number of carbonyl (C=O) groups excluding carboxylic acids is 1. The van der Waals surface area contributed by atoms with E-state index in [4.69, 9.17) is 9.97 Å². The molecule has 3 aliphatic heterocycles. The maximum absolute atomic E-state index is 12.7. The van der Waals surface area contributed by atoms with Crippen LogP contribution < -0.4 is 5.32 Å². The third-order valence-electron chi connectivity index (χ3n) is 8.85. The maximum atomic E-state index is 12.7. The second-order valence-corrected chi connectivity index (χ2v) is 10.9. The number of piperidine rings is 3. The number of nitrogens with zero attached hydrogens (tertiary/aromatic N) is 4. The number of rotatable bonds is 8. The van der Waals surface area contributed by atoms with Gasteiger partial charge in [-0.05, 0) is 69.2 Å². The van der Waals surface area contributed by atoms with Crippen LogP contribution in [-0.4, -0.2) is 51.4 Å². The highest BCUT2D eigenvalue weighted by Gasteiger charge is 2.41. The van der Waals surface area contributed by atoms with Gasteiger partial charge >= 0.3 is 0 Å². The Morgan fingerprint density at radius 3 is 2.54 bits per heavy atom. The molecule has 0 radical (unpaired) electrons. The molecule has 0 aromatic carbocycles. The van der Waals surface area contributed by atoms with Crippen molar-refractivity contribution in [3.05, 3.63) is 42.0 Å². The van der Waals surface area contributed by atoms with Gasteiger partial charge in [0, 0.05) is 66.2 Å². The fourth-order valence-electron chi connectivity index (χ4n) is 6.63. The van der Waals surface area contributed by atoms with Crippen LogP contribution in [0, 0.1) is 11.8 Å². The summed E-state index contributed by atoms with van der Waals surface area (Å²) in [7, 11) is 0. The van der Waals surface area contributed by atoms with Crippen LogP contribution in [-0.2, 0) is 4.79 Å². The van der Waals surface area contributed by atoms with Crippen LogP contribution in [0.1, 0.15) is 94.9 Å². The van der Waals surface area contributed by atoms with Gasteiger partial charge in [-0.2, -0.15) is 0 Å². The molecule has 1 amide bonds. The summed E-state index contributed by atoms with van der Waals surface area (Å²) in [6.07, 6.45) is 14.0. The third kappa shape index (κ3) is 5.42. The van der Waals surface area contributed by atoms with Gasteiger partial charge in [0.25, 0.3) is 0 Å². The van der Waals surface area contributed by atoms with E-state index >= 15 is 0 Å². The van der Waals surface area contributed by atoms with Crippen LogP contribution >= 0.6 is 0 Å². The largest absolute Gasteiger partial charge is 0.354 e. The first-order valence-electron chi connectivity index (χ1n) is 14.0. The number of aromatic nitrogens is 3. The van der Waals surface area contributed by atoms with Crippen molar-refractivity contribution in [2.75, 3.05) is 19.6 Å². The van der Waals surface area contributed by atoms with Crippen LogP contribution in [0.4, 0.5) is 0 Å². The van der Waals surface area contributed by atoms with Crippen molar-refractivity contribution >= 4 is 5.91 Å². The molecule has 2 aromatic heterocycles. The molecule has 4 atom stereocenters. The molecule has 1 saturated carbocycles. The van der Waals surface area contributed by atoms with Crippen LogP contribution in [0.3, 0.4) is 0 Å². The van der Waals surface area contributed by atoms with Crippen LogP contribution in [0.2, 0.25) is 0 Å². The summed E-state index contributed by atoms with van der Waals surface area (Å²) in [6, 6.07) is 6.78. The zero-order valence-corrected chi connectivity index (χ0v) is 21.5. The van der Waals surface area contributed by atoms with Crippen molar-refractivity contribution in [3.63, 3.8) is 0 Å². The van der Waals surface area contributed by atoms with E-state index in [9.17, 15) is 4.79 Å². The number of carbonyl (C=O) groups is 1. The molecule has 1 aliphatic carbocycles. The lowest BCUT2D eigenvalue weighted by Crippen LogP contribution is -2.56. The van der Waals surface area contributed by atoms with E-state index in [0.29, 0.717) is 23.8 Å². The van der Waals surface area contributed by atoms with Gasteiger partial charge < -0.3 is 5.32 Å². The van der Waals surface area contributed by atoms with Crippen LogP contribution in [0.15, 0.2) is 30.6 Å². The minimum Gasteiger partial charge on any atom is -0.354 e. The fraction of sp³-hybridized carbons (Fsp3) is 0.655. The normalized spacial score (nSPS) is 26.7. The second-order valence-electron chi connectivity index (χ2n) is 10.9. The SMILES string of the molecule is CCC(CC)c1cc(C2CN3CCC2CC3CNC(=O)C2CCCCC2)nc(-c2ccncc2)n1. The molecule has 35 heavy (non-hydrogen) atoms. The molecule has 4 fully saturated rings. The monoisotopic (exact) mass is 475 g/mol. The number of amides is 1. The zero-order chi connectivity index (χ0) is 24.2. The highest BCUT2D eigenvalue weighted by Crippen LogP contribution is 2.42. The van der Waals surface area contributed by atoms with Gasteiger partial charge in [-0.25, -0.2) is 9.97 Å². The van der Waals surface area contributed by atoms with E-state index in [0.717, 1.165) is 63.1 Å². The van der Waals surface area contributed by atoms with Gasteiger partial charge in [0.2, 0.25) is 5.91 Å². The molecule has 6 rings (SSSR count). The Morgan fingerprint density at radius 2 is 1.86 bits per heavy atom. The van der Waals surface area contributed by atoms with Crippen molar-refractivity contribution in [3.8, 4) is 11.4 Å². The van der Waals surface area contributed by atoms with Gasteiger partial charge in [0.15, 0.2) is 5.82 Å². The lowest BCUT2D eigenvalue weighted by atomic mass is 9.73. The summed E-state index contributed by atoms with van der Waals surface area (Å²) < 4.78 is 0. The second kappa shape index (κ2) is 11.2. The minimum atomic E-state index is 0.239. The van der Waals surface area contributed by atoms with Gasteiger partial charge in [-0.1, -0.05) is 33.1 Å². The van der Waals surface area contributed by atoms with Gasteiger partial charge in [0.05, 0.1) is 0 Å². The number of hydrogen-bond donors (Lipinski definition) is 1. The Morgan fingerprint density at radius 1 is 1.09 bits per heavy atom. The summed E-state index contributed by atoms with van der Waals surface area (Å²) in [6.45, 7) is 7.46. The summed E-state index contributed by atoms with van der Waals surface area (Å²) in [5, 5.41) is 3.32. The Balaban J connectivity index is 1.32. The quantitative estimate of drug-likeness (QED) is 0.560. The van der Waals surface area contributed by atoms with Crippen molar-refractivity contribution < 1.29 is 4.79 Å².